The molecular formula is C14H14F4N4O2. The molecule has 0 radical (unpaired) electrons. The zero-order chi connectivity index (χ0) is 17.7. The second-order valence-electron chi connectivity index (χ2n) is 4.81. The maximum atomic E-state index is 13.3. The quantitative estimate of drug-likeness (QED) is 0.814. The van der Waals surface area contributed by atoms with Crippen LogP contribution in [0, 0.1) is 5.82 Å². The molecule has 0 saturated heterocycles. The number of anilines is 2. The number of aryl methyl sites for hydroxylation is 1. The third-order valence-corrected chi connectivity index (χ3v) is 2.79. The van der Waals surface area contributed by atoms with Crippen LogP contribution in [-0.4, -0.2) is 28.6 Å². The van der Waals surface area contributed by atoms with Crippen molar-refractivity contribution in [1.29, 1.82) is 0 Å². The van der Waals surface area contributed by atoms with Crippen molar-refractivity contribution in [1.82, 2.24) is 9.78 Å². The summed E-state index contributed by atoms with van der Waals surface area (Å²) < 4.78 is 56.1. The van der Waals surface area contributed by atoms with Crippen molar-refractivity contribution in [3.05, 3.63) is 36.3 Å². The van der Waals surface area contributed by atoms with Gasteiger partial charge in [0.2, 0.25) is 0 Å². The molecule has 0 spiro atoms. The molecule has 2 aromatic rings. The van der Waals surface area contributed by atoms with Crippen LogP contribution in [0.1, 0.15) is 6.42 Å². The largest absolute Gasteiger partial charge is 0.491 e. The van der Waals surface area contributed by atoms with Crippen molar-refractivity contribution in [2.75, 3.05) is 17.2 Å². The Labute approximate surface area is 134 Å². The standard InChI is InChI=1S/C14H14F4N4O2/c1-22-6-4-12(21-22)20-13(23)19-10-3-2-9(15)8-11(10)24-7-5-14(16,17)18/h2-4,6,8H,5,7H2,1H3,(H2,19,20,21,23). The number of halogens is 4. The van der Waals surface area contributed by atoms with Crippen molar-refractivity contribution in [3.8, 4) is 5.75 Å². The molecule has 6 nitrogen and oxygen atoms in total. The number of nitrogens with one attached hydrogen (secondary N) is 2. The van der Waals surface area contributed by atoms with Crippen LogP contribution >= 0.6 is 0 Å². The van der Waals surface area contributed by atoms with E-state index in [1.165, 1.54) is 10.7 Å². The average molecular weight is 346 g/mol. The molecule has 2 N–H and O–H groups in total. The van der Waals surface area contributed by atoms with E-state index in [-0.39, 0.29) is 17.3 Å². The van der Waals surface area contributed by atoms with Crippen LogP contribution in [0.25, 0.3) is 0 Å². The third kappa shape index (κ3) is 5.45. The molecule has 0 aliphatic heterocycles. The van der Waals surface area contributed by atoms with E-state index in [1.807, 2.05) is 0 Å². The fourth-order valence-electron chi connectivity index (χ4n) is 1.75. The minimum absolute atomic E-state index is 0.0343. The highest BCUT2D eigenvalue weighted by Crippen LogP contribution is 2.27. The van der Waals surface area contributed by atoms with E-state index in [0.29, 0.717) is 0 Å². The number of ether oxygens (including phenoxy) is 1. The van der Waals surface area contributed by atoms with Gasteiger partial charge in [0.25, 0.3) is 0 Å². The third-order valence-electron chi connectivity index (χ3n) is 2.79. The fourth-order valence-corrected chi connectivity index (χ4v) is 1.75. The summed E-state index contributed by atoms with van der Waals surface area (Å²) in [5, 5.41) is 8.73. The Morgan fingerprint density at radius 1 is 1.29 bits per heavy atom. The van der Waals surface area contributed by atoms with Crippen molar-refractivity contribution in [2.24, 2.45) is 7.05 Å². The summed E-state index contributed by atoms with van der Waals surface area (Å²) in [5.74, 6) is -0.625. The summed E-state index contributed by atoms with van der Waals surface area (Å²) in [6, 6.07) is 3.99. The lowest BCUT2D eigenvalue weighted by atomic mass is 10.3. The van der Waals surface area contributed by atoms with Crippen molar-refractivity contribution < 1.29 is 27.1 Å². The number of hydrogen-bond donors (Lipinski definition) is 2. The van der Waals surface area contributed by atoms with Gasteiger partial charge in [-0.2, -0.15) is 18.3 Å². The van der Waals surface area contributed by atoms with Crippen LogP contribution < -0.4 is 15.4 Å². The van der Waals surface area contributed by atoms with E-state index < -0.39 is 31.1 Å². The van der Waals surface area contributed by atoms with Gasteiger partial charge in [0.1, 0.15) is 11.6 Å². The van der Waals surface area contributed by atoms with Gasteiger partial charge in [-0.05, 0) is 12.1 Å². The first kappa shape index (κ1) is 17.6. The molecule has 1 aromatic carbocycles. The molecule has 1 heterocycles. The number of benzene rings is 1. The molecule has 0 bridgehead atoms. The monoisotopic (exact) mass is 346 g/mol. The normalized spacial score (nSPS) is 11.2. The van der Waals surface area contributed by atoms with Gasteiger partial charge in [-0.3, -0.25) is 10.00 Å². The minimum atomic E-state index is -4.39. The Morgan fingerprint density at radius 2 is 2.04 bits per heavy atom. The zero-order valence-electron chi connectivity index (χ0n) is 12.5. The first-order valence-electron chi connectivity index (χ1n) is 6.80. The Balaban J connectivity index is 2.01. The average Bonchev–Trinajstić information content (AvgIpc) is 2.85. The topological polar surface area (TPSA) is 68.2 Å². The first-order valence-corrected chi connectivity index (χ1v) is 6.80. The lowest BCUT2D eigenvalue weighted by molar-refractivity contribution is -0.139. The smallest absolute Gasteiger partial charge is 0.392 e. The van der Waals surface area contributed by atoms with Gasteiger partial charge in [-0.1, -0.05) is 0 Å². The van der Waals surface area contributed by atoms with E-state index in [9.17, 15) is 22.4 Å². The molecule has 0 aliphatic carbocycles. The molecule has 0 unspecified atom stereocenters. The molecule has 24 heavy (non-hydrogen) atoms. The van der Waals surface area contributed by atoms with Gasteiger partial charge < -0.3 is 10.1 Å². The molecule has 10 heteroatoms. The van der Waals surface area contributed by atoms with Gasteiger partial charge in [0.05, 0.1) is 18.7 Å². The highest BCUT2D eigenvalue weighted by molar-refractivity contribution is 6.00. The molecule has 0 atom stereocenters. The van der Waals surface area contributed by atoms with Gasteiger partial charge in [0.15, 0.2) is 5.82 Å². The number of amides is 2. The van der Waals surface area contributed by atoms with Gasteiger partial charge in [-0.25, -0.2) is 9.18 Å². The Kier molecular flexibility index (Phi) is 5.27. The second kappa shape index (κ2) is 7.20. The highest BCUT2D eigenvalue weighted by Gasteiger charge is 2.27. The van der Waals surface area contributed by atoms with Crippen molar-refractivity contribution >= 4 is 17.5 Å². The summed E-state index contributed by atoms with van der Waals surface area (Å²) in [6.07, 6.45) is -3.97. The summed E-state index contributed by atoms with van der Waals surface area (Å²) in [5.41, 5.74) is 0.0343. The molecule has 0 fully saturated rings. The van der Waals surface area contributed by atoms with E-state index in [2.05, 4.69) is 15.7 Å². The number of carbonyl (C=O) groups excluding carboxylic acids is 1. The highest BCUT2D eigenvalue weighted by atomic mass is 19.4. The lowest BCUT2D eigenvalue weighted by Crippen LogP contribution is -2.21. The summed E-state index contributed by atoms with van der Waals surface area (Å²) in [7, 11) is 1.66. The second-order valence-corrected chi connectivity index (χ2v) is 4.81. The summed E-state index contributed by atoms with van der Waals surface area (Å²) in [4.78, 5) is 11.9. The van der Waals surface area contributed by atoms with Crippen molar-refractivity contribution in [3.63, 3.8) is 0 Å². The van der Waals surface area contributed by atoms with Crippen molar-refractivity contribution in [2.45, 2.75) is 12.6 Å². The molecule has 130 valence electrons. The van der Waals surface area contributed by atoms with E-state index in [1.54, 1.807) is 19.3 Å². The minimum Gasteiger partial charge on any atom is -0.491 e. The fraction of sp³-hybridized carbons (Fsp3) is 0.286. The molecule has 0 aliphatic rings. The number of rotatable bonds is 5. The van der Waals surface area contributed by atoms with E-state index >= 15 is 0 Å². The van der Waals surface area contributed by atoms with Crippen LogP contribution in [-0.2, 0) is 7.05 Å². The maximum absolute atomic E-state index is 13.3. The summed E-state index contributed by atoms with van der Waals surface area (Å²) >= 11 is 0. The SMILES string of the molecule is Cn1ccc(NC(=O)Nc2ccc(F)cc2OCCC(F)(F)F)n1. The van der Waals surface area contributed by atoms with Gasteiger partial charge >= 0.3 is 12.2 Å². The Bertz CT molecular complexity index is 715. The predicted octanol–water partition coefficient (Wildman–Crippen LogP) is 3.53. The number of aromatic nitrogens is 2. The van der Waals surface area contributed by atoms with Crippen LogP contribution in [0.3, 0.4) is 0 Å². The molecular weight excluding hydrogens is 332 g/mol. The van der Waals surface area contributed by atoms with Crippen LogP contribution in [0.15, 0.2) is 30.5 Å². The van der Waals surface area contributed by atoms with Crippen LogP contribution in [0.4, 0.5) is 33.9 Å². The molecule has 0 saturated carbocycles. The predicted molar refractivity (Wildman–Crippen MR) is 78.4 cm³/mol. The number of hydrogen-bond acceptors (Lipinski definition) is 3. The number of alkyl halides is 3. The first-order chi connectivity index (χ1) is 11.2. The van der Waals surface area contributed by atoms with Crippen LogP contribution in [0.5, 0.6) is 5.75 Å². The van der Waals surface area contributed by atoms with Gasteiger partial charge in [0, 0.05) is 25.4 Å². The molecule has 2 amide bonds. The summed E-state index contributed by atoms with van der Waals surface area (Å²) in [6.45, 7) is -0.691. The Morgan fingerprint density at radius 3 is 2.67 bits per heavy atom. The van der Waals surface area contributed by atoms with E-state index in [4.69, 9.17) is 4.74 Å². The molecule has 2 rings (SSSR count). The molecule has 1 aromatic heterocycles. The zero-order valence-corrected chi connectivity index (χ0v) is 12.5. The number of nitrogens with zero attached hydrogens (tertiary/aromatic N) is 2. The number of carbonyl (C=O) groups is 1. The maximum Gasteiger partial charge on any atom is 0.392 e. The van der Waals surface area contributed by atoms with E-state index in [0.717, 1.165) is 12.1 Å². The van der Waals surface area contributed by atoms with Crippen LogP contribution in [0.2, 0.25) is 0 Å². The number of urea groups is 1. The van der Waals surface area contributed by atoms with Gasteiger partial charge in [-0.15, -0.1) is 0 Å². The lowest BCUT2D eigenvalue weighted by Gasteiger charge is -2.13. The Hall–Kier alpha value is -2.78.